The minimum Gasteiger partial charge on any atom is -0.375 e. The van der Waals surface area contributed by atoms with E-state index in [4.69, 9.17) is 4.74 Å². The molecule has 0 aliphatic rings. The average molecular weight is 601 g/mol. The number of nitrogens with one attached hydrogen (secondary N) is 3. The minimum absolute atomic E-state index is 0. The van der Waals surface area contributed by atoms with Crippen LogP contribution in [0.25, 0.3) is 21.8 Å². The number of methoxy groups -OCH3 is 1. The number of fused-ring (bicyclic) bond motifs is 2. The van der Waals surface area contributed by atoms with E-state index in [2.05, 4.69) is 15.3 Å². The zero-order valence-corrected chi connectivity index (χ0v) is 24.4. The summed E-state index contributed by atoms with van der Waals surface area (Å²) >= 11 is 0. The molecule has 12 nitrogen and oxygen atoms in total. The molecule has 0 aliphatic carbocycles. The summed E-state index contributed by atoms with van der Waals surface area (Å²) in [5.41, 5.74) is -0.485. The van der Waals surface area contributed by atoms with Crippen LogP contribution >= 0.6 is 12.4 Å². The van der Waals surface area contributed by atoms with Gasteiger partial charge in [-0.2, -0.15) is 0 Å². The van der Waals surface area contributed by atoms with Gasteiger partial charge in [0.25, 0.3) is 11.1 Å². The number of H-pyrrole nitrogens is 2. The third-order valence-corrected chi connectivity index (χ3v) is 6.98. The number of benzene rings is 2. The second-order valence-corrected chi connectivity index (χ2v) is 9.84. The monoisotopic (exact) mass is 600 g/mol. The number of ether oxygens (including phenoxy) is 1. The van der Waals surface area contributed by atoms with Gasteiger partial charge in [-0.3, -0.25) is 23.5 Å². The summed E-state index contributed by atoms with van der Waals surface area (Å²) in [6.45, 7) is 2.74. The largest absolute Gasteiger partial charge is 0.375 e. The Bertz CT molecular complexity index is 1730. The Hall–Kier alpha value is -4.00. The first-order valence-electron chi connectivity index (χ1n) is 13.8. The molecule has 0 bridgehead atoms. The first-order chi connectivity index (χ1) is 19.9. The van der Waals surface area contributed by atoms with Gasteiger partial charge in [-0.1, -0.05) is 24.3 Å². The summed E-state index contributed by atoms with van der Waals surface area (Å²) in [6.07, 6.45) is 2.63. The van der Waals surface area contributed by atoms with E-state index in [9.17, 15) is 24.0 Å². The maximum Gasteiger partial charge on any atom is 0.328 e. The van der Waals surface area contributed by atoms with Gasteiger partial charge in [0.2, 0.25) is 5.91 Å². The highest BCUT2D eigenvalue weighted by Gasteiger charge is 2.14. The van der Waals surface area contributed by atoms with Crippen molar-refractivity contribution >= 4 is 40.1 Å². The van der Waals surface area contributed by atoms with Crippen LogP contribution in [-0.2, 0) is 22.6 Å². The molecule has 3 N–H and O–H groups in total. The van der Waals surface area contributed by atoms with Crippen LogP contribution in [0.5, 0.6) is 0 Å². The fraction of sp³-hybridized carbons (Fsp3) is 0.414. The number of carbonyl (C=O) groups excluding carboxylic acids is 1. The Morgan fingerprint density at radius 2 is 1.26 bits per heavy atom. The molecule has 0 saturated carbocycles. The van der Waals surface area contributed by atoms with Gasteiger partial charge in [0.15, 0.2) is 0 Å². The van der Waals surface area contributed by atoms with Crippen molar-refractivity contribution in [1.29, 1.82) is 0 Å². The maximum absolute atomic E-state index is 12.7. The van der Waals surface area contributed by atoms with Crippen molar-refractivity contribution < 1.29 is 9.53 Å². The summed E-state index contributed by atoms with van der Waals surface area (Å²) in [6, 6.07) is 13.8. The van der Waals surface area contributed by atoms with E-state index in [-0.39, 0.29) is 42.6 Å². The number of aromatic nitrogens is 4. The van der Waals surface area contributed by atoms with Crippen LogP contribution in [0.3, 0.4) is 0 Å². The normalized spacial score (nSPS) is 11.1. The fourth-order valence-electron chi connectivity index (χ4n) is 4.84. The number of aromatic amines is 2. The van der Waals surface area contributed by atoms with Crippen LogP contribution in [-0.4, -0.2) is 69.8 Å². The van der Waals surface area contributed by atoms with Crippen LogP contribution in [0.1, 0.15) is 25.7 Å². The molecule has 2 heterocycles. The molecule has 4 aromatic rings. The predicted octanol–water partition coefficient (Wildman–Crippen LogP) is 1.44. The molecular weight excluding hydrogens is 564 g/mol. The smallest absolute Gasteiger partial charge is 0.328 e. The number of nitrogens with zero attached hydrogens (tertiary/aromatic N) is 3. The third-order valence-electron chi connectivity index (χ3n) is 6.98. The highest BCUT2D eigenvalue weighted by molar-refractivity contribution is 5.85. The molecule has 13 heteroatoms. The number of hydrogen-bond donors (Lipinski definition) is 3. The number of halogens is 1. The molecule has 4 rings (SSSR count). The molecule has 0 aliphatic heterocycles. The van der Waals surface area contributed by atoms with Gasteiger partial charge in [0.05, 0.1) is 21.8 Å². The van der Waals surface area contributed by atoms with E-state index in [1.807, 2.05) is 0 Å². The van der Waals surface area contributed by atoms with E-state index in [1.165, 1.54) is 16.2 Å². The first-order valence-corrected chi connectivity index (χ1v) is 13.8. The highest BCUT2D eigenvalue weighted by atomic mass is 35.5. The van der Waals surface area contributed by atoms with Crippen molar-refractivity contribution in [2.24, 2.45) is 0 Å². The Morgan fingerprint density at radius 3 is 1.83 bits per heavy atom. The van der Waals surface area contributed by atoms with Crippen LogP contribution < -0.4 is 27.8 Å². The van der Waals surface area contributed by atoms with Gasteiger partial charge in [-0.25, -0.2) is 9.59 Å². The molecule has 2 aromatic carbocycles. The molecule has 1 amide bonds. The Morgan fingerprint density at radius 1 is 0.762 bits per heavy atom. The van der Waals surface area contributed by atoms with Crippen LogP contribution in [0, 0.1) is 0 Å². The topological polar surface area (TPSA) is 151 Å². The van der Waals surface area contributed by atoms with E-state index < -0.39 is 11.4 Å². The summed E-state index contributed by atoms with van der Waals surface area (Å²) in [7, 11) is 1.47. The third kappa shape index (κ3) is 8.05. The summed E-state index contributed by atoms with van der Waals surface area (Å²) in [5, 5.41) is 4.26. The van der Waals surface area contributed by atoms with E-state index >= 15 is 0 Å². The molecule has 226 valence electrons. The second kappa shape index (κ2) is 15.9. The molecule has 42 heavy (non-hydrogen) atoms. The average Bonchev–Trinajstić information content (AvgIpc) is 2.96. The van der Waals surface area contributed by atoms with Gasteiger partial charge in [0.1, 0.15) is 6.61 Å². The molecule has 0 spiro atoms. The number of rotatable bonds is 15. The maximum atomic E-state index is 12.7. The number of amides is 1. The molecule has 0 unspecified atom stereocenters. The lowest BCUT2D eigenvalue weighted by Gasteiger charge is -2.22. The van der Waals surface area contributed by atoms with Crippen molar-refractivity contribution in [3.05, 3.63) is 90.2 Å². The Labute approximate surface area is 247 Å². The highest BCUT2D eigenvalue weighted by Crippen LogP contribution is 2.05. The summed E-state index contributed by atoms with van der Waals surface area (Å²) in [5.74, 6) is -0.147. The summed E-state index contributed by atoms with van der Waals surface area (Å²) in [4.78, 5) is 69.8. The Balaban J connectivity index is 0.00000484. The summed E-state index contributed by atoms with van der Waals surface area (Å²) < 4.78 is 7.42. The van der Waals surface area contributed by atoms with Crippen LogP contribution in [0.4, 0.5) is 0 Å². The lowest BCUT2D eigenvalue weighted by atomic mass is 10.2. The predicted molar refractivity (Wildman–Crippen MR) is 165 cm³/mol. The number of hydrogen-bond acceptors (Lipinski definition) is 7. The van der Waals surface area contributed by atoms with Gasteiger partial charge in [-0.05, 0) is 63.0 Å². The molecule has 0 saturated heterocycles. The van der Waals surface area contributed by atoms with Crippen LogP contribution in [0.15, 0.2) is 67.7 Å². The number of carbonyl (C=O) groups is 1. The molecule has 0 radical (unpaired) electrons. The second-order valence-electron chi connectivity index (χ2n) is 9.84. The van der Waals surface area contributed by atoms with E-state index in [0.29, 0.717) is 60.8 Å². The van der Waals surface area contributed by atoms with Crippen molar-refractivity contribution in [3.63, 3.8) is 0 Å². The van der Waals surface area contributed by atoms with Gasteiger partial charge in [-0.15, -0.1) is 12.4 Å². The van der Waals surface area contributed by atoms with Gasteiger partial charge in [0, 0.05) is 33.3 Å². The van der Waals surface area contributed by atoms with Gasteiger partial charge < -0.3 is 24.9 Å². The SMILES string of the molecule is COCC(=O)N(CCCCNCCCn1c(=O)[nH]c2ccccc2c1=O)CCCn1c(=O)[nH]c2ccccc2c1=O.Cl. The Kier molecular flexibility index (Phi) is 12.3. The molecule has 2 aromatic heterocycles. The number of para-hydroxylation sites is 2. The van der Waals surface area contributed by atoms with E-state index in [0.717, 1.165) is 19.4 Å². The van der Waals surface area contributed by atoms with Gasteiger partial charge >= 0.3 is 11.4 Å². The minimum atomic E-state index is -0.468. The fourth-order valence-corrected chi connectivity index (χ4v) is 4.84. The van der Waals surface area contributed by atoms with Crippen molar-refractivity contribution in [2.75, 3.05) is 39.9 Å². The van der Waals surface area contributed by atoms with Crippen molar-refractivity contribution in [2.45, 2.75) is 38.8 Å². The number of unbranched alkanes of at least 4 members (excludes halogenated alkanes) is 1. The zero-order chi connectivity index (χ0) is 29.2. The van der Waals surface area contributed by atoms with Crippen molar-refractivity contribution in [1.82, 2.24) is 29.3 Å². The van der Waals surface area contributed by atoms with Crippen LogP contribution in [0.2, 0.25) is 0 Å². The van der Waals surface area contributed by atoms with Crippen molar-refractivity contribution in [3.8, 4) is 0 Å². The lowest BCUT2D eigenvalue weighted by Crippen LogP contribution is -2.39. The molecular formula is C29H37ClN6O6. The molecule has 0 atom stereocenters. The van der Waals surface area contributed by atoms with E-state index in [1.54, 1.807) is 53.4 Å². The zero-order valence-electron chi connectivity index (χ0n) is 23.6. The first kappa shape index (κ1) is 32.5. The quantitative estimate of drug-likeness (QED) is 0.175. The molecule has 0 fully saturated rings. The lowest BCUT2D eigenvalue weighted by molar-refractivity contribution is -0.135. The standard InChI is InChI=1S/C29H36N6O6.ClH/c1-41-20-25(36)33(17-9-19-35-27(38)22-11-3-5-13-24(22)32-29(35)40)16-7-6-14-30-15-8-18-34-26(37)21-10-2-4-12-23(21)31-28(34)39;/h2-5,10-13,30H,6-9,14-20H2,1H3,(H,31,39)(H,32,40);1H.